The highest BCUT2D eigenvalue weighted by atomic mass is 16.5. The van der Waals surface area contributed by atoms with E-state index in [-0.39, 0.29) is 5.91 Å². The minimum atomic E-state index is -0.0943. The highest BCUT2D eigenvalue weighted by Gasteiger charge is 2.20. The van der Waals surface area contributed by atoms with E-state index >= 15 is 0 Å². The third kappa shape index (κ3) is 5.16. The van der Waals surface area contributed by atoms with Crippen molar-refractivity contribution < 1.29 is 19.0 Å². The monoisotopic (exact) mass is 371 g/mol. The predicted octanol–water partition coefficient (Wildman–Crippen LogP) is 4.46. The summed E-state index contributed by atoms with van der Waals surface area (Å²) in [6.07, 6.45) is 0. The highest BCUT2D eigenvalue weighted by Crippen LogP contribution is 2.39. The van der Waals surface area contributed by atoms with Gasteiger partial charge in [0, 0.05) is 19.2 Å². The van der Waals surface area contributed by atoms with Gasteiger partial charge in [-0.3, -0.25) is 4.79 Å². The van der Waals surface area contributed by atoms with Gasteiger partial charge in [0.1, 0.15) is 0 Å². The van der Waals surface area contributed by atoms with Gasteiger partial charge in [-0.1, -0.05) is 24.3 Å². The fraction of sp³-hybridized carbons (Fsp3) is 0.409. The first-order valence-corrected chi connectivity index (χ1v) is 9.38. The third-order valence-electron chi connectivity index (χ3n) is 4.17. The number of hydrogen-bond donors (Lipinski definition) is 0. The Morgan fingerprint density at radius 2 is 1.48 bits per heavy atom. The standard InChI is InChI=1S/C22H29NO4/c1-6-25-19-13-18(14-20(26-7-2)21(19)27-8-3)22(24)23(5)15-17-12-10-9-11-16(17)4/h9-14H,6-8,15H2,1-5H3. The zero-order valence-corrected chi connectivity index (χ0v) is 16.9. The first-order chi connectivity index (χ1) is 13.0. The average molecular weight is 371 g/mol. The third-order valence-corrected chi connectivity index (χ3v) is 4.17. The molecule has 0 saturated heterocycles. The molecule has 0 unspecified atom stereocenters. The van der Waals surface area contributed by atoms with Crippen molar-refractivity contribution in [1.82, 2.24) is 4.90 Å². The molecule has 0 aliphatic heterocycles. The van der Waals surface area contributed by atoms with Gasteiger partial charge in [-0.15, -0.1) is 0 Å². The van der Waals surface area contributed by atoms with E-state index in [1.165, 1.54) is 0 Å². The molecule has 2 aromatic carbocycles. The van der Waals surface area contributed by atoms with E-state index in [2.05, 4.69) is 0 Å². The molecule has 0 radical (unpaired) electrons. The molecule has 0 N–H and O–H groups in total. The van der Waals surface area contributed by atoms with Crippen LogP contribution in [-0.2, 0) is 6.54 Å². The summed E-state index contributed by atoms with van der Waals surface area (Å²) < 4.78 is 17.1. The maximum atomic E-state index is 13.0. The molecule has 0 atom stereocenters. The molecule has 0 fully saturated rings. The van der Waals surface area contributed by atoms with Crippen molar-refractivity contribution in [3.63, 3.8) is 0 Å². The maximum absolute atomic E-state index is 13.0. The van der Waals surface area contributed by atoms with E-state index in [0.29, 0.717) is 49.2 Å². The lowest BCUT2D eigenvalue weighted by Gasteiger charge is -2.21. The van der Waals surface area contributed by atoms with Crippen LogP contribution in [0.15, 0.2) is 36.4 Å². The van der Waals surface area contributed by atoms with Crippen LogP contribution in [0.25, 0.3) is 0 Å². The normalized spacial score (nSPS) is 10.4. The van der Waals surface area contributed by atoms with Crippen molar-refractivity contribution in [2.75, 3.05) is 26.9 Å². The highest BCUT2D eigenvalue weighted by molar-refractivity contribution is 5.95. The van der Waals surface area contributed by atoms with Crippen molar-refractivity contribution in [3.05, 3.63) is 53.1 Å². The number of carbonyl (C=O) groups excluding carboxylic acids is 1. The van der Waals surface area contributed by atoms with E-state index in [9.17, 15) is 4.79 Å². The fourth-order valence-electron chi connectivity index (χ4n) is 2.85. The molecule has 5 nitrogen and oxygen atoms in total. The molecule has 146 valence electrons. The fourth-order valence-corrected chi connectivity index (χ4v) is 2.85. The Labute approximate surface area is 161 Å². The van der Waals surface area contributed by atoms with Gasteiger partial charge in [0.25, 0.3) is 5.91 Å². The molecule has 0 bridgehead atoms. The Bertz CT molecular complexity index is 746. The molecule has 2 rings (SSSR count). The summed E-state index contributed by atoms with van der Waals surface area (Å²) in [5.74, 6) is 1.50. The van der Waals surface area contributed by atoms with Crippen LogP contribution in [0.1, 0.15) is 42.3 Å². The van der Waals surface area contributed by atoms with Crippen LogP contribution < -0.4 is 14.2 Å². The van der Waals surface area contributed by atoms with Crippen LogP contribution in [0.4, 0.5) is 0 Å². The molecule has 0 aromatic heterocycles. The largest absolute Gasteiger partial charge is 0.490 e. The summed E-state index contributed by atoms with van der Waals surface area (Å²) in [7, 11) is 1.80. The molecule has 5 heteroatoms. The number of ether oxygens (including phenoxy) is 3. The summed E-state index contributed by atoms with van der Waals surface area (Å²) in [6, 6.07) is 11.5. The molecular weight excluding hydrogens is 342 g/mol. The van der Waals surface area contributed by atoms with Crippen molar-refractivity contribution in [2.45, 2.75) is 34.2 Å². The Balaban J connectivity index is 2.34. The number of rotatable bonds is 9. The zero-order valence-electron chi connectivity index (χ0n) is 16.9. The quantitative estimate of drug-likeness (QED) is 0.653. The lowest BCUT2D eigenvalue weighted by molar-refractivity contribution is 0.0783. The summed E-state index contributed by atoms with van der Waals surface area (Å²) in [4.78, 5) is 14.7. The Morgan fingerprint density at radius 3 is 2.00 bits per heavy atom. The number of hydrogen-bond acceptors (Lipinski definition) is 4. The lowest BCUT2D eigenvalue weighted by Crippen LogP contribution is -2.26. The minimum Gasteiger partial charge on any atom is -0.490 e. The maximum Gasteiger partial charge on any atom is 0.254 e. The van der Waals surface area contributed by atoms with Crippen LogP contribution in [0.3, 0.4) is 0 Å². The van der Waals surface area contributed by atoms with Gasteiger partial charge in [-0.2, -0.15) is 0 Å². The predicted molar refractivity (Wildman–Crippen MR) is 107 cm³/mol. The van der Waals surface area contributed by atoms with Gasteiger partial charge in [0.15, 0.2) is 11.5 Å². The number of nitrogens with zero attached hydrogens (tertiary/aromatic N) is 1. The molecule has 27 heavy (non-hydrogen) atoms. The Hall–Kier alpha value is -2.69. The Morgan fingerprint density at radius 1 is 0.926 bits per heavy atom. The second-order valence-electron chi connectivity index (χ2n) is 6.19. The van der Waals surface area contributed by atoms with E-state index in [1.807, 2.05) is 52.0 Å². The van der Waals surface area contributed by atoms with Crippen molar-refractivity contribution in [3.8, 4) is 17.2 Å². The number of benzene rings is 2. The smallest absolute Gasteiger partial charge is 0.254 e. The number of aryl methyl sites for hydroxylation is 1. The molecule has 0 heterocycles. The van der Waals surface area contributed by atoms with Crippen LogP contribution in [0, 0.1) is 6.92 Å². The topological polar surface area (TPSA) is 48.0 Å². The van der Waals surface area contributed by atoms with E-state index in [4.69, 9.17) is 14.2 Å². The second kappa shape index (κ2) is 9.86. The van der Waals surface area contributed by atoms with E-state index < -0.39 is 0 Å². The average Bonchev–Trinajstić information content (AvgIpc) is 2.65. The molecule has 0 spiro atoms. The summed E-state index contributed by atoms with van der Waals surface area (Å²) in [5, 5.41) is 0. The van der Waals surface area contributed by atoms with Crippen molar-refractivity contribution in [1.29, 1.82) is 0 Å². The molecule has 0 saturated carbocycles. The zero-order chi connectivity index (χ0) is 19.8. The van der Waals surface area contributed by atoms with Crippen molar-refractivity contribution >= 4 is 5.91 Å². The van der Waals surface area contributed by atoms with Gasteiger partial charge in [-0.25, -0.2) is 0 Å². The van der Waals surface area contributed by atoms with Gasteiger partial charge in [0.05, 0.1) is 19.8 Å². The molecule has 2 aromatic rings. The first-order valence-electron chi connectivity index (χ1n) is 9.38. The number of carbonyl (C=O) groups is 1. The lowest BCUT2D eigenvalue weighted by atomic mass is 10.1. The minimum absolute atomic E-state index is 0.0943. The van der Waals surface area contributed by atoms with Gasteiger partial charge >= 0.3 is 0 Å². The van der Waals surface area contributed by atoms with Crippen LogP contribution >= 0.6 is 0 Å². The summed E-state index contributed by atoms with van der Waals surface area (Å²) >= 11 is 0. The first kappa shape index (κ1) is 20.6. The van der Waals surface area contributed by atoms with Crippen LogP contribution in [-0.4, -0.2) is 37.7 Å². The molecular formula is C22H29NO4. The van der Waals surface area contributed by atoms with Gasteiger partial charge < -0.3 is 19.1 Å². The summed E-state index contributed by atoms with van der Waals surface area (Å²) in [5.41, 5.74) is 2.80. The Kier molecular flexibility index (Phi) is 7.53. The van der Waals surface area contributed by atoms with Gasteiger partial charge in [0.2, 0.25) is 5.75 Å². The molecule has 0 aliphatic carbocycles. The van der Waals surface area contributed by atoms with E-state index in [1.54, 1.807) is 24.1 Å². The molecule has 0 aliphatic rings. The van der Waals surface area contributed by atoms with Crippen LogP contribution in [0.2, 0.25) is 0 Å². The SMILES string of the molecule is CCOc1cc(C(=O)N(C)Cc2ccccc2C)cc(OCC)c1OCC. The second-order valence-corrected chi connectivity index (χ2v) is 6.19. The van der Waals surface area contributed by atoms with E-state index in [0.717, 1.165) is 11.1 Å². The summed E-state index contributed by atoms with van der Waals surface area (Å²) in [6.45, 7) is 9.72. The number of amides is 1. The van der Waals surface area contributed by atoms with Gasteiger partial charge in [-0.05, 0) is 51.0 Å². The molecule has 1 amide bonds. The van der Waals surface area contributed by atoms with Crippen molar-refractivity contribution in [2.24, 2.45) is 0 Å². The van der Waals surface area contributed by atoms with Crippen LogP contribution in [0.5, 0.6) is 17.2 Å².